The van der Waals surface area contributed by atoms with E-state index in [-0.39, 0.29) is 18.2 Å². The number of nitrogens with one attached hydrogen (secondary N) is 1. The topological polar surface area (TPSA) is 49.4 Å². The highest BCUT2D eigenvalue weighted by Gasteiger charge is 2.26. The molecule has 0 aliphatic rings. The summed E-state index contributed by atoms with van der Waals surface area (Å²) in [6.07, 6.45) is 0.287. The number of carbonyl (C=O) groups is 2. The molecule has 4 nitrogen and oxygen atoms in total. The van der Waals surface area contributed by atoms with Gasteiger partial charge in [0.1, 0.15) is 6.04 Å². The van der Waals surface area contributed by atoms with Crippen LogP contribution in [0, 0.1) is 19.8 Å². The van der Waals surface area contributed by atoms with Crippen molar-refractivity contribution < 1.29 is 9.59 Å². The molecule has 2 rings (SSSR count). The molecular formula is C24H32N2O2. The lowest BCUT2D eigenvalue weighted by atomic mass is 10.0. The number of carbonyl (C=O) groups excluding carboxylic acids is 2. The molecule has 1 atom stereocenters. The number of aryl methyl sites for hydroxylation is 2. The number of hydrogen-bond donors (Lipinski definition) is 1. The number of hydrogen-bond acceptors (Lipinski definition) is 2. The van der Waals surface area contributed by atoms with E-state index in [1.807, 2.05) is 69.3 Å². The lowest BCUT2D eigenvalue weighted by Gasteiger charge is -2.29. The first kappa shape index (κ1) is 21.7. The molecule has 0 unspecified atom stereocenters. The van der Waals surface area contributed by atoms with E-state index >= 15 is 0 Å². The van der Waals surface area contributed by atoms with Gasteiger partial charge in [0.05, 0.1) is 6.42 Å². The van der Waals surface area contributed by atoms with Crippen LogP contribution >= 0.6 is 0 Å². The van der Waals surface area contributed by atoms with Gasteiger partial charge in [0.2, 0.25) is 11.8 Å². The zero-order valence-electron chi connectivity index (χ0n) is 17.7. The molecule has 0 heterocycles. The smallest absolute Gasteiger partial charge is 0.242 e. The monoisotopic (exact) mass is 380 g/mol. The second-order valence-electron chi connectivity index (χ2n) is 7.93. The molecule has 0 aliphatic carbocycles. The molecule has 28 heavy (non-hydrogen) atoms. The normalized spacial score (nSPS) is 11.9. The highest BCUT2D eigenvalue weighted by Crippen LogP contribution is 2.16. The summed E-state index contributed by atoms with van der Waals surface area (Å²) in [5.41, 5.74) is 4.27. The molecule has 0 radical (unpaired) electrons. The predicted octanol–water partition coefficient (Wildman–Crippen LogP) is 4.04. The maximum atomic E-state index is 13.2. The van der Waals surface area contributed by atoms with E-state index in [0.29, 0.717) is 19.0 Å². The fraction of sp³-hybridized carbons (Fsp3) is 0.417. The van der Waals surface area contributed by atoms with Gasteiger partial charge in [-0.25, -0.2) is 0 Å². The number of amides is 2. The highest BCUT2D eigenvalue weighted by atomic mass is 16.2. The molecule has 2 aromatic rings. The van der Waals surface area contributed by atoms with Gasteiger partial charge in [0.25, 0.3) is 0 Å². The molecule has 0 bridgehead atoms. The van der Waals surface area contributed by atoms with Crippen LogP contribution < -0.4 is 5.32 Å². The van der Waals surface area contributed by atoms with Crippen molar-refractivity contribution in [1.82, 2.24) is 10.2 Å². The summed E-state index contributed by atoms with van der Waals surface area (Å²) in [7, 11) is 0. The number of nitrogens with zero attached hydrogens (tertiary/aromatic N) is 1. The van der Waals surface area contributed by atoms with E-state index < -0.39 is 6.04 Å². The van der Waals surface area contributed by atoms with Crippen LogP contribution in [0.3, 0.4) is 0 Å². The summed E-state index contributed by atoms with van der Waals surface area (Å²) < 4.78 is 0. The average molecular weight is 381 g/mol. The second-order valence-corrected chi connectivity index (χ2v) is 7.93. The summed E-state index contributed by atoms with van der Waals surface area (Å²) in [5.74, 6) is 0.213. The zero-order chi connectivity index (χ0) is 20.7. The van der Waals surface area contributed by atoms with Crippen molar-refractivity contribution in [3.8, 4) is 0 Å². The van der Waals surface area contributed by atoms with Gasteiger partial charge < -0.3 is 10.2 Å². The largest absolute Gasteiger partial charge is 0.354 e. The minimum Gasteiger partial charge on any atom is -0.354 e. The Morgan fingerprint density at radius 1 is 1.00 bits per heavy atom. The Morgan fingerprint density at radius 3 is 2.36 bits per heavy atom. The Balaban J connectivity index is 2.22. The van der Waals surface area contributed by atoms with Crippen LogP contribution in [0.25, 0.3) is 0 Å². The Bertz CT molecular complexity index is 814. The van der Waals surface area contributed by atoms with Gasteiger partial charge in [-0.05, 0) is 43.4 Å². The van der Waals surface area contributed by atoms with E-state index in [0.717, 1.165) is 22.3 Å². The van der Waals surface area contributed by atoms with Crippen molar-refractivity contribution in [1.29, 1.82) is 0 Å². The first-order chi connectivity index (χ1) is 13.3. The van der Waals surface area contributed by atoms with Crippen LogP contribution in [-0.4, -0.2) is 29.3 Å². The first-order valence-electron chi connectivity index (χ1n) is 9.95. The molecule has 0 fully saturated rings. The summed E-state index contributed by atoms with van der Waals surface area (Å²) in [6, 6.07) is 15.4. The summed E-state index contributed by atoms with van der Waals surface area (Å²) in [4.78, 5) is 27.5. The van der Waals surface area contributed by atoms with Crippen LogP contribution in [0.15, 0.2) is 48.5 Å². The Morgan fingerprint density at radius 2 is 1.71 bits per heavy atom. The number of rotatable bonds is 8. The van der Waals surface area contributed by atoms with Gasteiger partial charge in [-0.2, -0.15) is 0 Å². The van der Waals surface area contributed by atoms with E-state index in [2.05, 4.69) is 19.2 Å². The van der Waals surface area contributed by atoms with Crippen molar-refractivity contribution in [3.05, 3.63) is 70.8 Å². The molecule has 4 heteroatoms. The van der Waals surface area contributed by atoms with E-state index in [9.17, 15) is 9.59 Å². The molecule has 150 valence electrons. The van der Waals surface area contributed by atoms with Crippen molar-refractivity contribution in [2.45, 2.75) is 53.6 Å². The standard InChI is InChI=1S/C24H32N2O2/c1-17(2)15-25-24(28)20(5)26(16-22-12-7-6-10-19(22)4)23(27)14-21-11-8-9-18(3)13-21/h6-13,17,20H,14-16H2,1-5H3,(H,25,28)/t20-/m0/s1. The lowest BCUT2D eigenvalue weighted by molar-refractivity contribution is -0.140. The summed E-state index contributed by atoms with van der Waals surface area (Å²) >= 11 is 0. The van der Waals surface area contributed by atoms with Gasteiger partial charge in [-0.3, -0.25) is 9.59 Å². The van der Waals surface area contributed by atoms with E-state index in [4.69, 9.17) is 0 Å². The summed E-state index contributed by atoms with van der Waals surface area (Å²) in [6.45, 7) is 11.0. The van der Waals surface area contributed by atoms with E-state index in [1.165, 1.54) is 0 Å². The van der Waals surface area contributed by atoms with Gasteiger partial charge in [0, 0.05) is 13.1 Å². The van der Waals surface area contributed by atoms with Crippen molar-refractivity contribution in [2.75, 3.05) is 6.54 Å². The van der Waals surface area contributed by atoms with Gasteiger partial charge in [-0.15, -0.1) is 0 Å². The first-order valence-corrected chi connectivity index (χ1v) is 9.95. The maximum absolute atomic E-state index is 13.2. The van der Waals surface area contributed by atoms with Gasteiger partial charge >= 0.3 is 0 Å². The lowest BCUT2D eigenvalue weighted by Crippen LogP contribution is -2.48. The minimum absolute atomic E-state index is 0.0407. The third-order valence-electron chi connectivity index (χ3n) is 4.89. The van der Waals surface area contributed by atoms with Crippen molar-refractivity contribution in [2.24, 2.45) is 5.92 Å². The van der Waals surface area contributed by atoms with Gasteiger partial charge in [0.15, 0.2) is 0 Å². The van der Waals surface area contributed by atoms with Crippen LogP contribution in [0.4, 0.5) is 0 Å². The quantitative estimate of drug-likeness (QED) is 0.751. The highest BCUT2D eigenvalue weighted by molar-refractivity contribution is 5.88. The molecule has 0 saturated heterocycles. The number of benzene rings is 2. The molecule has 0 saturated carbocycles. The predicted molar refractivity (Wildman–Crippen MR) is 114 cm³/mol. The van der Waals surface area contributed by atoms with Crippen LogP contribution in [0.5, 0.6) is 0 Å². The molecule has 1 N–H and O–H groups in total. The maximum Gasteiger partial charge on any atom is 0.242 e. The molecule has 0 spiro atoms. The Labute approximate surface area is 169 Å². The fourth-order valence-corrected chi connectivity index (χ4v) is 3.10. The third-order valence-corrected chi connectivity index (χ3v) is 4.89. The third kappa shape index (κ3) is 6.22. The van der Waals surface area contributed by atoms with Crippen molar-refractivity contribution in [3.63, 3.8) is 0 Å². The van der Waals surface area contributed by atoms with Crippen molar-refractivity contribution >= 4 is 11.8 Å². The van der Waals surface area contributed by atoms with Crippen LogP contribution in [-0.2, 0) is 22.6 Å². The zero-order valence-corrected chi connectivity index (χ0v) is 17.7. The Kier molecular flexibility index (Phi) is 7.80. The van der Waals surface area contributed by atoms with E-state index in [1.54, 1.807) is 4.90 Å². The molecule has 2 amide bonds. The molecular weight excluding hydrogens is 348 g/mol. The molecule has 0 aromatic heterocycles. The molecule has 2 aromatic carbocycles. The fourth-order valence-electron chi connectivity index (χ4n) is 3.10. The SMILES string of the molecule is Cc1cccc(CC(=O)N(Cc2ccccc2C)[C@@H](C)C(=O)NCC(C)C)c1. The molecule has 0 aliphatic heterocycles. The summed E-state index contributed by atoms with van der Waals surface area (Å²) in [5, 5.41) is 2.96. The Hall–Kier alpha value is -2.62. The van der Waals surface area contributed by atoms with Crippen LogP contribution in [0.1, 0.15) is 43.0 Å². The average Bonchev–Trinajstić information content (AvgIpc) is 2.64. The van der Waals surface area contributed by atoms with Crippen LogP contribution in [0.2, 0.25) is 0 Å². The minimum atomic E-state index is -0.532. The second kappa shape index (κ2) is 10.1. The van der Waals surface area contributed by atoms with Gasteiger partial charge in [-0.1, -0.05) is 67.9 Å².